The average Bonchev–Trinajstić information content (AvgIpc) is 2.64. The van der Waals surface area contributed by atoms with Crippen LogP contribution in [0.5, 0.6) is 11.6 Å². The Morgan fingerprint density at radius 2 is 2.04 bits per heavy atom. The van der Waals surface area contributed by atoms with Gasteiger partial charge in [0.15, 0.2) is 0 Å². The number of nitrogens with one attached hydrogen (secondary N) is 2. The molecule has 1 aromatic carbocycles. The molecule has 1 aliphatic rings. The third-order valence-electron chi connectivity index (χ3n) is 4.01. The Kier molecular flexibility index (Phi) is 9.00. The molecule has 2 heterocycles. The summed E-state index contributed by atoms with van der Waals surface area (Å²) < 4.78 is 5.60. The summed E-state index contributed by atoms with van der Waals surface area (Å²) in [4.78, 5) is 27.6. The second-order valence-corrected chi connectivity index (χ2v) is 5.91. The fourth-order valence-electron chi connectivity index (χ4n) is 2.67. The van der Waals surface area contributed by atoms with Crippen LogP contribution in [-0.2, 0) is 4.79 Å². The third-order valence-corrected chi connectivity index (χ3v) is 4.01. The molecule has 0 aliphatic carbocycles. The van der Waals surface area contributed by atoms with Crippen LogP contribution in [0.25, 0.3) is 0 Å². The van der Waals surface area contributed by atoms with Crippen molar-refractivity contribution in [3.05, 3.63) is 48.2 Å². The zero-order chi connectivity index (χ0) is 17.6. The molecular formula is C18H22Cl2N4O3. The number of piperidine rings is 1. The number of carbonyl (C=O) groups is 2. The van der Waals surface area contributed by atoms with E-state index in [0.717, 1.165) is 19.4 Å². The summed E-state index contributed by atoms with van der Waals surface area (Å²) in [6.45, 7) is 1.67. The van der Waals surface area contributed by atoms with E-state index in [2.05, 4.69) is 15.6 Å². The van der Waals surface area contributed by atoms with E-state index in [1.54, 1.807) is 42.6 Å². The number of anilines is 1. The number of primary amides is 1. The first kappa shape index (κ1) is 22.7. The van der Waals surface area contributed by atoms with Crippen molar-refractivity contribution in [2.24, 2.45) is 11.7 Å². The summed E-state index contributed by atoms with van der Waals surface area (Å²) in [6.07, 6.45) is 3.44. The zero-order valence-corrected chi connectivity index (χ0v) is 16.1. The van der Waals surface area contributed by atoms with Crippen molar-refractivity contribution < 1.29 is 14.3 Å². The molecule has 1 saturated heterocycles. The van der Waals surface area contributed by atoms with Crippen molar-refractivity contribution >= 4 is 42.3 Å². The van der Waals surface area contributed by atoms with Crippen LogP contribution in [0.15, 0.2) is 42.6 Å². The van der Waals surface area contributed by atoms with Crippen LogP contribution < -0.4 is 21.1 Å². The number of nitrogens with zero attached hydrogens (tertiary/aromatic N) is 1. The third kappa shape index (κ3) is 6.39. The predicted molar refractivity (Wildman–Crippen MR) is 108 cm³/mol. The fraction of sp³-hybridized carbons (Fsp3) is 0.278. The van der Waals surface area contributed by atoms with Crippen LogP contribution in [0.4, 0.5) is 5.69 Å². The lowest BCUT2D eigenvalue weighted by Gasteiger charge is -2.21. The summed E-state index contributed by atoms with van der Waals surface area (Å²) >= 11 is 0. The molecule has 146 valence electrons. The number of hydrogen-bond donors (Lipinski definition) is 3. The van der Waals surface area contributed by atoms with Crippen LogP contribution >= 0.6 is 24.8 Å². The minimum Gasteiger partial charge on any atom is -0.439 e. The molecule has 0 spiro atoms. The van der Waals surface area contributed by atoms with Gasteiger partial charge in [0.05, 0.1) is 17.8 Å². The lowest BCUT2D eigenvalue weighted by Crippen LogP contribution is -2.37. The van der Waals surface area contributed by atoms with E-state index in [4.69, 9.17) is 10.5 Å². The van der Waals surface area contributed by atoms with E-state index in [1.165, 1.54) is 0 Å². The first-order valence-electron chi connectivity index (χ1n) is 8.17. The number of hydrogen-bond acceptors (Lipinski definition) is 5. The van der Waals surface area contributed by atoms with Gasteiger partial charge < -0.3 is 21.1 Å². The first-order valence-corrected chi connectivity index (χ1v) is 8.17. The minimum absolute atomic E-state index is 0. The highest BCUT2D eigenvalue weighted by Gasteiger charge is 2.20. The number of amides is 2. The van der Waals surface area contributed by atoms with Crippen molar-refractivity contribution in [1.29, 1.82) is 0 Å². The summed E-state index contributed by atoms with van der Waals surface area (Å²) in [7, 11) is 0. The van der Waals surface area contributed by atoms with Gasteiger partial charge in [-0.1, -0.05) is 6.07 Å². The quantitative estimate of drug-likeness (QED) is 0.699. The van der Waals surface area contributed by atoms with Crippen molar-refractivity contribution in [2.45, 2.75) is 12.8 Å². The Morgan fingerprint density at radius 3 is 2.67 bits per heavy atom. The summed E-state index contributed by atoms with van der Waals surface area (Å²) in [5, 5.41) is 6.09. The Balaban J connectivity index is 0.00000182. The molecule has 2 amide bonds. The van der Waals surface area contributed by atoms with E-state index >= 15 is 0 Å². The molecule has 1 aliphatic heterocycles. The highest BCUT2D eigenvalue weighted by molar-refractivity contribution is 5.93. The molecule has 3 rings (SSSR count). The van der Waals surface area contributed by atoms with Crippen molar-refractivity contribution in [3.8, 4) is 11.6 Å². The number of rotatable bonds is 5. The number of ether oxygens (including phenoxy) is 1. The summed E-state index contributed by atoms with van der Waals surface area (Å²) in [5.41, 5.74) is 6.23. The SMILES string of the molecule is Cl.Cl.NC(=O)c1cccc(Oc2ccc(NC(=O)C3CCCNC3)cn2)c1. The maximum Gasteiger partial charge on any atom is 0.248 e. The molecule has 1 atom stereocenters. The van der Waals surface area contributed by atoms with Crippen molar-refractivity contribution in [2.75, 3.05) is 18.4 Å². The van der Waals surface area contributed by atoms with E-state index in [-0.39, 0.29) is 36.6 Å². The van der Waals surface area contributed by atoms with Crippen molar-refractivity contribution in [1.82, 2.24) is 10.3 Å². The fourth-order valence-corrected chi connectivity index (χ4v) is 2.67. The van der Waals surface area contributed by atoms with Crippen LogP contribution in [0, 0.1) is 5.92 Å². The molecule has 2 aromatic rings. The number of carbonyl (C=O) groups excluding carboxylic acids is 2. The number of pyridine rings is 1. The number of halogens is 2. The van der Waals surface area contributed by atoms with Gasteiger partial charge in [0.2, 0.25) is 17.7 Å². The smallest absolute Gasteiger partial charge is 0.248 e. The molecule has 0 saturated carbocycles. The van der Waals surface area contributed by atoms with E-state index < -0.39 is 5.91 Å². The second kappa shape index (κ2) is 10.7. The van der Waals surface area contributed by atoms with Gasteiger partial charge in [-0.15, -0.1) is 24.8 Å². The number of benzene rings is 1. The Bertz CT molecular complexity index is 765. The Labute approximate surface area is 169 Å². The number of nitrogens with two attached hydrogens (primary N) is 1. The molecule has 1 unspecified atom stereocenters. The molecule has 0 radical (unpaired) electrons. The van der Waals surface area contributed by atoms with Gasteiger partial charge in [-0.25, -0.2) is 4.98 Å². The molecule has 7 nitrogen and oxygen atoms in total. The lowest BCUT2D eigenvalue weighted by molar-refractivity contribution is -0.120. The van der Waals surface area contributed by atoms with Crippen LogP contribution in [0.2, 0.25) is 0 Å². The standard InChI is InChI=1S/C18H20N4O3.2ClH/c19-17(23)12-3-1-5-15(9-12)25-16-7-6-14(11-21-16)22-18(24)13-4-2-8-20-10-13;;/h1,3,5-7,9,11,13,20H,2,4,8,10H2,(H2,19,23)(H,22,24);2*1H. The number of aromatic nitrogens is 1. The van der Waals surface area contributed by atoms with Gasteiger partial charge in [0.25, 0.3) is 0 Å². The molecule has 1 aromatic heterocycles. The molecule has 1 fully saturated rings. The van der Waals surface area contributed by atoms with Crippen LogP contribution in [0.1, 0.15) is 23.2 Å². The topological polar surface area (TPSA) is 106 Å². The van der Waals surface area contributed by atoms with E-state index in [0.29, 0.717) is 29.4 Å². The zero-order valence-electron chi connectivity index (χ0n) is 14.5. The minimum atomic E-state index is -0.520. The Morgan fingerprint density at radius 1 is 1.22 bits per heavy atom. The van der Waals surface area contributed by atoms with Gasteiger partial charge >= 0.3 is 0 Å². The van der Waals surface area contributed by atoms with Gasteiger partial charge in [0, 0.05) is 18.2 Å². The normalized spacial score (nSPS) is 15.6. The van der Waals surface area contributed by atoms with Gasteiger partial charge in [0.1, 0.15) is 5.75 Å². The monoisotopic (exact) mass is 412 g/mol. The van der Waals surface area contributed by atoms with Gasteiger partial charge in [-0.2, -0.15) is 0 Å². The first-order chi connectivity index (χ1) is 12.1. The maximum atomic E-state index is 12.2. The highest BCUT2D eigenvalue weighted by Crippen LogP contribution is 2.22. The lowest BCUT2D eigenvalue weighted by atomic mass is 9.99. The second-order valence-electron chi connectivity index (χ2n) is 5.91. The van der Waals surface area contributed by atoms with E-state index in [9.17, 15) is 9.59 Å². The summed E-state index contributed by atoms with van der Waals surface area (Å²) in [5.74, 6) is 0.291. The maximum absolute atomic E-state index is 12.2. The molecule has 0 bridgehead atoms. The summed E-state index contributed by atoms with van der Waals surface area (Å²) in [6, 6.07) is 9.94. The van der Waals surface area contributed by atoms with Crippen LogP contribution in [0.3, 0.4) is 0 Å². The molecule has 4 N–H and O–H groups in total. The molecule has 9 heteroatoms. The Hall–Kier alpha value is -2.35. The predicted octanol–water partition coefficient (Wildman–Crippen LogP) is 2.75. The van der Waals surface area contributed by atoms with Crippen LogP contribution in [-0.4, -0.2) is 29.9 Å². The van der Waals surface area contributed by atoms with Gasteiger partial charge in [-0.3, -0.25) is 9.59 Å². The van der Waals surface area contributed by atoms with Gasteiger partial charge in [-0.05, 0) is 43.7 Å². The van der Waals surface area contributed by atoms with E-state index in [1.807, 2.05) is 0 Å². The highest BCUT2D eigenvalue weighted by atomic mass is 35.5. The average molecular weight is 413 g/mol. The molecular weight excluding hydrogens is 391 g/mol. The largest absolute Gasteiger partial charge is 0.439 e. The van der Waals surface area contributed by atoms with Crippen molar-refractivity contribution in [3.63, 3.8) is 0 Å². The molecule has 27 heavy (non-hydrogen) atoms.